The Morgan fingerprint density at radius 3 is 2.54 bits per heavy atom. The topological polar surface area (TPSA) is 90.0 Å². The molecule has 3 aliphatic rings. The molecule has 2 aliphatic heterocycles. The highest BCUT2D eigenvalue weighted by Crippen LogP contribution is 2.39. The van der Waals surface area contributed by atoms with E-state index in [-0.39, 0.29) is 42.8 Å². The number of carboxylic acids is 1. The summed E-state index contributed by atoms with van der Waals surface area (Å²) in [4.78, 5) is 39.5. The van der Waals surface area contributed by atoms with E-state index in [1.165, 1.54) is 13.3 Å². The molecule has 0 aromatic heterocycles. The van der Waals surface area contributed by atoms with Crippen molar-refractivity contribution in [1.29, 1.82) is 0 Å². The van der Waals surface area contributed by atoms with Crippen LogP contribution >= 0.6 is 12.4 Å². The predicted octanol–water partition coefficient (Wildman–Crippen LogP) is 1.25. The lowest BCUT2D eigenvalue weighted by molar-refractivity contribution is -0.144. The highest BCUT2D eigenvalue weighted by Gasteiger charge is 2.46. The van der Waals surface area contributed by atoms with E-state index in [1.807, 2.05) is 4.90 Å². The van der Waals surface area contributed by atoms with Gasteiger partial charge in [-0.05, 0) is 38.0 Å². The van der Waals surface area contributed by atoms with Gasteiger partial charge < -0.3 is 15.3 Å². The molecule has 2 N–H and O–H groups in total. The van der Waals surface area contributed by atoms with Gasteiger partial charge in [-0.15, -0.1) is 12.4 Å². The van der Waals surface area contributed by atoms with Crippen LogP contribution in [0.4, 0.5) is 0 Å². The maximum absolute atomic E-state index is 12.8. The summed E-state index contributed by atoms with van der Waals surface area (Å²) in [5, 5.41) is 12.5. The van der Waals surface area contributed by atoms with Gasteiger partial charge in [0, 0.05) is 32.1 Å². The van der Waals surface area contributed by atoms with Crippen LogP contribution in [-0.2, 0) is 14.4 Å². The Morgan fingerprint density at radius 1 is 1.12 bits per heavy atom. The van der Waals surface area contributed by atoms with Gasteiger partial charge in [0.2, 0.25) is 11.8 Å². The molecule has 4 unspecified atom stereocenters. The highest BCUT2D eigenvalue weighted by atomic mass is 35.5. The molecule has 0 aromatic carbocycles. The molecule has 0 bridgehead atoms. The van der Waals surface area contributed by atoms with Crippen LogP contribution in [0.2, 0.25) is 0 Å². The van der Waals surface area contributed by atoms with Crippen LogP contribution in [0.1, 0.15) is 51.9 Å². The summed E-state index contributed by atoms with van der Waals surface area (Å²) < 4.78 is 0. The van der Waals surface area contributed by atoms with Crippen LogP contribution in [0.3, 0.4) is 0 Å². The van der Waals surface area contributed by atoms with E-state index in [1.54, 1.807) is 4.90 Å². The molecule has 2 heterocycles. The van der Waals surface area contributed by atoms with Gasteiger partial charge >= 0.3 is 5.97 Å². The molecule has 148 valence electrons. The number of piperidine rings is 1. The quantitative estimate of drug-likeness (QED) is 0.757. The monoisotopic (exact) mass is 387 g/mol. The summed E-state index contributed by atoms with van der Waals surface area (Å²) in [6.07, 6.45) is 6.78. The van der Waals surface area contributed by atoms with Crippen LogP contribution in [0, 0.1) is 5.92 Å². The van der Waals surface area contributed by atoms with Crippen molar-refractivity contribution in [2.75, 3.05) is 19.6 Å². The molecule has 4 atom stereocenters. The lowest BCUT2D eigenvalue weighted by Gasteiger charge is -2.37. The van der Waals surface area contributed by atoms with Crippen molar-refractivity contribution in [2.45, 2.75) is 70.0 Å². The van der Waals surface area contributed by atoms with Crippen LogP contribution in [0.25, 0.3) is 0 Å². The minimum Gasteiger partial charge on any atom is -0.480 e. The van der Waals surface area contributed by atoms with Gasteiger partial charge in [-0.25, -0.2) is 0 Å². The number of rotatable bonds is 4. The summed E-state index contributed by atoms with van der Waals surface area (Å²) in [6.45, 7) is 2.89. The Hall–Kier alpha value is -1.34. The number of carbonyl (C=O) groups is 3. The maximum Gasteiger partial charge on any atom is 0.320 e. The molecule has 3 rings (SSSR count). The lowest BCUT2D eigenvalue weighted by Crippen LogP contribution is -2.53. The number of aliphatic carboxylic acids is 1. The average Bonchev–Trinajstić information content (AvgIpc) is 2.93. The summed E-state index contributed by atoms with van der Waals surface area (Å²) >= 11 is 0. The van der Waals surface area contributed by atoms with Gasteiger partial charge in [0.1, 0.15) is 6.04 Å². The van der Waals surface area contributed by atoms with Crippen LogP contribution < -0.4 is 5.32 Å². The SMILES string of the molecule is CC(=O)NC1CCCN(C(=O)CN2C(C(=O)O)CC3CCCCC32)C1.Cl. The van der Waals surface area contributed by atoms with Gasteiger partial charge in [0.15, 0.2) is 0 Å². The smallest absolute Gasteiger partial charge is 0.320 e. The van der Waals surface area contributed by atoms with Crippen molar-refractivity contribution in [3.63, 3.8) is 0 Å². The number of nitrogens with one attached hydrogen (secondary N) is 1. The second-order valence-corrected chi connectivity index (χ2v) is 7.75. The van der Waals surface area contributed by atoms with Crippen molar-refractivity contribution in [3.8, 4) is 0 Å². The Balaban J connectivity index is 0.00000243. The number of nitrogens with zero attached hydrogens (tertiary/aromatic N) is 2. The van der Waals surface area contributed by atoms with E-state index in [0.29, 0.717) is 25.4 Å². The standard InChI is InChI=1S/C18H29N3O4.ClH/c1-12(22)19-14-6-4-8-20(10-14)17(23)11-21-15-7-3-2-5-13(15)9-16(21)18(24)25;/h13-16H,2-11H2,1H3,(H,19,22)(H,24,25);1H. The normalized spacial score (nSPS) is 31.7. The predicted molar refractivity (Wildman–Crippen MR) is 99.2 cm³/mol. The molecule has 8 heteroatoms. The van der Waals surface area contributed by atoms with E-state index in [0.717, 1.165) is 32.1 Å². The van der Waals surface area contributed by atoms with Crippen LogP contribution in [0.5, 0.6) is 0 Å². The molecular formula is C18H30ClN3O4. The zero-order valence-corrected chi connectivity index (χ0v) is 16.2. The minimum atomic E-state index is -0.808. The molecule has 1 saturated carbocycles. The lowest BCUT2D eigenvalue weighted by atomic mass is 9.85. The second kappa shape index (κ2) is 9.04. The van der Waals surface area contributed by atoms with Crippen molar-refractivity contribution in [3.05, 3.63) is 0 Å². The van der Waals surface area contributed by atoms with Crippen LogP contribution in [-0.4, -0.2) is 70.4 Å². The van der Waals surface area contributed by atoms with Gasteiger partial charge in [-0.1, -0.05) is 12.8 Å². The molecular weight excluding hydrogens is 358 g/mol. The number of hydrogen-bond donors (Lipinski definition) is 2. The fourth-order valence-electron chi connectivity index (χ4n) is 4.89. The number of fused-ring (bicyclic) bond motifs is 1. The van der Waals surface area contributed by atoms with E-state index < -0.39 is 12.0 Å². The zero-order chi connectivity index (χ0) is 18.0. The summed E-state index contributed by atoms with van der Waals surface area (Å²) in [5.41, 5.74) is 0. The van der Waals surface area contributed by atoms with Crippen molar-refractivity contribution in [1.82, 2.24) is 15.1 Å². The average molecular weight is 388 g/mol. The van der Waals surface area contributed by atoms with Gasteiger partial charge in [-0.3, -0.25) is 19.3 Å². The van der Waals surface area contributed by atoms with Crippen molar-refractivity contribution < 1.29 is 19.5 Å². The van der Waals surface area contributed by atoms with Gasteiger partial charge in [-0.2, -0.15) is 0 Å². The summed E-state index contributed by atoms with van der Waals surface area (Å²) in [6, 6.07) is -0.297. The first kappa shape index (κ1) is 21.0. The van der Waals surface area contributed by atoms with Crippen LogP contribution in [0.15, 0.2) is 0 Å². The maximum atomic E-state index is 12.8. The molecule has 3 fully saturated rings. The second-order valence-electron chi connectivity index (χ2n) is 7.75. The Labute approximate surface area is 160 Å². The van der Waals surface area contributed by atoms with Gasteiger partial charge in [0.25, 0.3) is 0 Å². The highest BCUT2D eigenvalue weighted by molar-refractivity contribution is 5.85. The third-order valence-corrected chi connectivity index (χ3v) is 6.01. The Morgan fingerprint density at radius 2 is 1.85 bits per heavy atom. The first-order valence-corrected chi connectivity index (χ1v) is 9.49. The van der Waals surface area contributed by atoms with Gasteiger partial charge in [0.05, 0.1) is 6.54 Å². The molecule has 2 saturated heterocycles. The molecule has 7 nitrogen and oxygen atoms in total. The van der Waals surface area contributed by atoms with E-state index in [4.69, 9.17) is 0 Å². The number of hydrogen-bond acceptors (Lipinski definition) is 4. The number of carboxylic acid groups (broad SMARTS) is 1. The molecule has 1 aliphatic carbocycles. The van der Waals surface area contributed by atoms with E-state index in [9.17, 15) is 19.5 Å². The van der Waals surface area contributed by atoms with Crippen molar-refractivity contribution >= 4 is 30.2 Å². The third-order valence-electron chi connectivity index (χ3n) is 6.01. The molecule has 2 amide bonds. The fraction of sp³-hybridized carbons (Fsp3) is 0.833. The molecule has 0 aromatic rings. The Bertz CT molecular complexity index is 545. The first-order chi connectivity index (χ1) is 12.0. The number of amides is 2. The molecule has 26 heavy (non-hydrogen) atoms. The first-order valence-electron chi connectivity index (χ1n) is 9.49. The molecule has 0 radical (unpaired) electrons. The number of halogens is 1. The number of likely N-dealkylation sites (tertiary alicyclic amines) is 2. The van der Waals surface area contributed by atoms with E-state index in [2.05, 4.69) is 5.32 Å². The largest absolute Gasteiger partial charge is 0.480 e. The van der Waals surface area contributed by atoms with E-state index >= 15 is 0 Å². The zero-order valence-electron chi connectivity index (χ0n) is 15.4. The summed E-state index contributed by atoms with van der Waals surface area (Å²) in [5.74, 6) is -0.476. The number of carbonyl (C=O) groups excluding carboxylic acids is 2. The summed E-state index contributed by atoms with van der Waals surface area (Å²) in [7, 11) is 0. The third kappa shape index (κ3) is 4.68. The fourth-order valence-corrected chi connectivity index (χ4v) is 4.89. The Kier molecular flexibility index (Phi) is 7.29. The van der Waals surface area contributed by atoms with Crippen molar-refractivity contribution in [2.24, 2.45) is 5.92 Å². The molecule has 0 spiro atoms. The minimum absolute atomic E-state index is 0.